The van der Waals surface area contributed by atoms with E-state index in [9.17, 15) is 0 Å². The summed E-state index contributed by atoms with van der Waals surface area (Å²) in [5.41, 5.74) is 19.8. The Labute approximate surface area is 393 Å². The van der Waals surface area contributed by atoms with Gasteiger partial charge in [-0.3, -0.25) is 0 Å². The summed E-state index contributed by atoms with van der Waals surface area (Å²) >= 11 is 0. The predicted octanol–water partition coefficient (Wildman–Crippen LogP) is 12.4. The van der Waals surface area contributed by atoms with Crippen LogP contribution in [0.3, 0.4) is 0 Å². The van der Waals surface area contributed by atoms with Crippen molar-refractivity contribution in [3.05, 3.63) is 123 Å². The van der Waals surface area contributed by atoms with Crippen molar-refractivity contribution in [2.45, 2.75) is 138 Å². The van der Waals surface area contributed by atoms with Crippen LogP contribution in [0.1, 0.15) is 120 Å². The van der Waals surface area contributed by atoms with E-state index in [2.05, 4.69) is 114 Å². The summed E-state index contributed by atoms with van der Waals surface area (Å²) in [6, 6.07) is -0.901. The molecule has 348 valence electrons. The summed E-state index contributed by atoms with van der Waals surface area (Å²) in [5.74, 6) is 5.60. The Bertz CT molecular complexity index is 2350. The van der Waals surface area contributed by atoms with E-state index in [1.807, 2.05) is 36.5 Å². The SMILES string of the molecule is COC1=CC=CC(Nc2nc(NC3C=CC=C(OC)C3=C=C3CC4CCC3(C)C4(C)C)nc(NC3C=CC=C(OC)C3=C=C3CC4CCC3(C)C4(C)C)n2)C1=C=C1CC2CCC1(C)C2(C)C. The number of ether oxygens (including phenoxy) is 3. The van der Waals surface area contributed by atoms with Crippen molar-refractivity contribution in [1.82, 2.24) is 15.0 Å². The van der Waals surface area contributed by atoms with Gasteiger partial charge in [0.25, 0.3) is 0 Å². The number of fused-ring (bicyclic) bond motifs is 6. The van der Waals surface area contributed by atoms with Crippen molar-refractivity contribution in [2.24, 2.45) is 50.2 Å². The second-order valence-corrected chi connectivity index (χ2v) is 23.1. The fraction of sp³-hybridized carbons (Fsp3) is 0.579. The minimum atomic E-state index is -0.300. The third-order valence-electron chi connectivity index (χ3n) is 20.0. The van der Waals surface area contributed by atoms with Gasteiger partial charge in [-0.25, -0.2) is 0 Å². The van der Waals surface area contributed by atoms with E-state index in [0.29, 0.717) is 35.6 Å². The summed E-state index contributed by atoms with van der Waals surface area (Å²) in [5, 5.41) is 11.2. The molecule has 6 fully saturated rings. The van der Waals surface area contributed by atoms with Crippen molar-refractivity contribution in [3.8, 4) is 0 Å². The Kier molecular flexibility index (Phi) is 10.6. The molecule has 10 rings (SSSR count). The van der Waals surface area contributed by atoms with Crippen LogP contribution in [-0.4, -0.2) is 54.4 Å². The highest BCUT2D eigenvalue weighted by Gasteiger charge is 2.61. The van der Waals surface area contributed by atoms with Gasteiger partial charge in [0.05, 0.1) is 56.2 Å². The number of nitrogens with one attached hydrogen (secondary N) is 3. The number of allylic oxidation sites excluding steroid dienone is 6. The van der Waals surface area contributed by atoms with Crippen LogP contribution in [0, 0.1) is 50.2 Å². The van der Waals surface area contributed by atoms with Crippen LogP contribution in [0.25, 0.3) is 0 Å². The highest BCUT2D eigenvalue weighted by Crippen LogP contribution is 2.70. The van der Waals surface area contributed by atoms with E-state index in [-0.39, 0.29) is 50.6 Å². The Morgan fingerprint density at radius 1 is 0.455 bits per heavy atom. The lowest BCUT2D eigenvalue weighted by molar-refractivity contribution is 0.179. The highest BCUT2D eigenvalue weighted by atomic mass is 16.5. The number of hydrogen-bond donors (Lipinski definition) is 3. The molecule has 0 amide bonds. The lowest BCUT2D eigenvalue weighted by Crippen LogP contribution is -2.30. The van der Waals surface area contributed by atoms with E-state index in [1.54, 1.807) is 21.3 Å². The highest BCUT2D eigenvalue weighted by molar-refractivity contribution is 5.56. The van der Waals surface area contributed by atoms with Crippen LogP contribution in [0.2, 0.25) is 0 Å². The molecule has 0 spiro atoms. The molecule has 6 saturated carbocycles. The number of hydrogen-bond acceptors (Lipinski definition) is 9. The third kappa shape index (κ3) is 6.66. The minimum absolute atomic E-state index is 0.0834. The van der Waals surface area contributed by atoms with Gasteiger partial charge in [0.1, 0.15) is 17.3 Å². The molecule has 1 aromatic rings. The molecule has 0 aromatic carbocycles. The number of nitrogens with zero attached hydrogens (tertiary/aromatic N) is 3. The average molecular weight is 889 g/mol. The first-order valence-corrected chi connectivity index (χ1v) is 24.7. The Balaban J connectivity index is 1.06. The van der Waals surface area contributed by atoms with Crippen LogP contribution >= 0.6 is 0 Å². The van der Waals surface area contributed by atoms with Crippen LogP contribution in [0.5, 0.6) is 0 Å². The molecule has 9 aliphatic carbocycles. The van der Waals surface area contributed by atoms with Gasteiger partial charge in [0.15, 0.2) is 0 Å². The lowest BCUT2D eigenvalue weighted by Gasteiger charge is -2.35. The van der Waals surface area contributed by atoms with Gasteiger partial charge >= 0.3 is 0 Å². The smallest absolute Gasteiger partial charge is 0.230 e. The van der Waals surface area contributed by atoms with Crippen molar-refractivity contribution < 1.29 is 14.2 Å². The van der Waals surface area contributed by atoms with Crippen molar-refractivity contribution in [1.29, 1.82) is 0 Å². The molecule has 9 atom stereocenters. The largest absolute Gasteiger partial charge is 0.496 e. The van der Waals surface area contributed by atoms with Gasteiger partial charge in [-0.1, -0.05) is 98.8 Å². The quantitative estimate of drug-likeness (QED) is 0.209. The minimum Gasteiger partial charge on any atom is -0.496 e. The Morgan fingerprint density at radius 3 is 0.939 bits per heavy atom. The van der Waals surface area contributed by atoms with Crippen LogP contribution in [-0.2, 0) is 14.2 Å². The molecular weight excluding hydrogens is 817 g/mol. The standard InChI is InChI=1S/C57H72N6O3/c1-52(2)34-22-25-55(52,7)37(28-34)31-40-43(16-13-19-46(40)64-10)58-49-61-50(59-44-17-14-20-47(65-11)41(44)32-38-29-35-23-26-56(38,8)53(35,3)4)63-51(62-49)60-45-18-15-21-48(66-12)42(45)33-39-30-36-24-27-57(39,9)54(36,5)6/h13-21,34-36,43-45H,22-30H2,1-12H3,(H3,58,59,60,61,62,63). The average Bonchev–Trinajstić information content (AvgIpc) is 3.93. The van der Waals surface area contributed by atoms with Crippen LogP contribution < -0.4 is 16.0 Å². The number of rotatable bonds is 9. The van der Waals surface area contributed by atoms with Gasteiger partial charge in [-0.2, -0.15) is 15.0 Å². The maximum Gasteiger partial charge on any atom is 0.230 e. The second-order valence-electron chi connectivity index (χ2n) is 23.1. The van der Waals surface area contributed by atoms with E-state index in [0.717, 1.165) is 53.3 Å². The Morgan fingerprint density at radius 2 is 0.727 bits per heavy atom. The van der Waals surface area contributed by atoms with E-state index in [4.69, 9.17) is 29.2 Å². The van der Waals surface area contributed by atoms with Gasteiger partial charge in [0, 0.05) is 16.2 Å². The zero-order valence-corrected chi connectivity index (χ0v) is 41.6. The van der Waals surface area contributed by atoms with Gasteiger partial charge in [-0.15, -0.1) is 17.2 Å². The first-order chi connectivity index (χ1) is 31.4. The van der Waals surface area contributed by atoms with Crippen LogP contribution in [0.4, 0.5) is 17.8 Å². The molecule has 0 saturated heterocycles. The van der Waals surface area contributed by atoms with E-state index < -0.39 is 0 Å². The summed E-state index contributed by atoms with van der Waals surface area (Å²) in [6.07, 6.45) is 29.1. The molecule has 9 aliphatic rings. The molecule has 9 unspecified atom stereocenters. The van der Waals surface area contributed by atoms with Gasteiger partial charge < -0.3 is 30.2 Å². The molecule has 9 heteroatoms. The van der Waals surface area contributed by atoms with Gasteiger partial charge in [-0.05, 0) is 127 Å². The molecule has 3 N–H and O–H groups in total. The fourth-order valence-corrected chi connectivity index (χ4v) is 14.0. The summed E-state index contributed by atoms with van der Waals surface area (Å²) < 4.78 is 18.2. The summed E-state index contributed by atoms with van der Waals surface area (Å²) in [6.45, 7) is 21.9. The molecule has 9 nitrogen and oxygen atoms in total. The van der Waals surface area contributed by atoms with Gasteiger partial charge in [0.2, 0.25) is 17.8 Å². The summed E-state index contributed by atoms with van der Waals surface area (Å²) in [4.78, 5) is 15.4. The molecule has 0 aliphatic heterocycles. The van der Waals surface area contributed by atoms with Crippen molar-refractivity contribution >= 4 is 17.8 Å². The number of methoxy groups -OCH3 is 3. The van der Waals surface area contributed by atoms with E-state index >= 15 is 0 Å². The normalized spacial score (nSPS) is 35.9. The predicted molar refractivity (Wildman–Crippen MR) is 264 cm³/mol. The zero-order chi connectivity index (χ0) is 46.6. The molecule has 0 radical (unpaired) electrons. The maximum atomic E-state index is 6.05. The lowest BCUT2D eigenvalue weighted by atomic mass is 9.69. The second kappa shape index (κ2) is 15.7. The maximum absolute atomic E-state index is 6.05. The Hall–Kier alpha value is -5.19. The first-order valence-electron chi connectivity index (χ1n) is 24.7. The number of anilines is 3. The first kappa shape index (κ1) is 44.6. The third-order valence-corrected chi connectivity index (χ3v) is 20.0. The van der Waals surface area contributed by atoms with E-state index in [1.165, 1.54) is 55.2 Å². The topological polar surface area (TPSA) is 102 Å². The molecule has 6 bridgehead atoms. The molecule has 1 aromatic heterocycles. The monoisotopic (exact) mass is 889 g/mol. The fourth-order valence-electron chi connectivity index (χ4n) is 14.0. The molecule has 1 heterocycles. The van der Waals surface area contributed by atoms with Crippen molar-refractivity contribution in [2.75, 3.05) is 37.3 Å². The molecular formula is C57H72N6O3. The summed E-state index contributed by atoms with van der Waals surface area (Å²) in [7, 11) is 5.22. The number of aromatic nitrogens is 3. The van der Waals surface area contributed by atoms with Crippen LogP contribution in [0.15, 0.2) is 123 Å². The molecule has 66 heavy (non-hydrogen) atoms. The van der Waals surface area contributed by atoms with Crippen molar-refractivity contribution in [3.63, 3.8) is 0 Å². The zero-order valence-electron chi connectivity index (χ0n) is 41.6.